The van der Waals surface area contributed by atoms with Gasteiger partial charge in [-0.25, -0.2) is 0 Å². The van der Waals surface area contributed by atoms with Crippen LogP contribution in [0.15, 0.2) is 30.3 Å². The largest absolute Gasteiger partial charge is 0.378 e. The van der Waals surface area contributed by atoms with Gasteiger partial charge in [-0.1, -0.05) is 30.3 Å². The maximum absolute atomic E-state index is 12.0. The minimum atomic E-state index is -0.308. The summed E-state index contributed by atoms with van der Waals surface area (Å²) < 4.78 is 5.91. The van der Waals surface area contributed by atoms with Crippen molar-refractivity contribution in [1.82, 2.24) is 10.2 Å². The number of hydrogen-bond acceptors (Lipinski definition) is 4. The maximum Gasteiger partial charge on any atom is 0.241 e. The summed E-state index contributed by atoms with van der Waals surface area (Å²) in [5, 5.41) is 2.51. The van der Waals surface area contributed by atoms with Crippen molar-refractivity contribution < 1.29 is 14.3 Å². The molecular weight excluding hydrogens is 330 g/mol. The summed E-state index contributed by atoms with van der Waals surface area (Å²) in [5.74, 6) is -0.369. The highest BCUT2D eigenvalue weighted by atomic mass is 35.5. The Morgan fingerprint density at radius 3 is 2.50 bits per heavy atom. The van der Waals surface area contributed by atoms with Crippen LogP contribution in [0.1, 0.15) is 18.4 Å². The van der Waals surface area contributed by atoms with Gasteiger partial charge in [0.1, 0.15) is 0 Å². The molecule has 1 aromatic rings. The lowest BCUT2D eigenvalue weighted by Gasteiger charge is -2.32. The van der Waals surface area contributed by atoms with Gasteiger partial charge in [0.15, 0.2) is 0 Å². The number of nitrogens with one attached hydrogen (secondary N) is 1. The van der Waals surface area contributed by atoms with Crippen LogP contribution in [0.3, 0.4) is 0 Å². The first kappa shape index (κ1) is 20.4. The van der Waals surface area contributed by atoms with Gasteiger partial charge in [-0.15, -0.1) is 12.4 Å². The molecule has 7 heteroatoms. The van der Waals surface area contributed by atoms with Crippen LogP contribution in [0.2, 0.25) is 0 Å². The van der Waals surface area contributed by atoms with Crippen LogP contribution in [0, 0.1) is 0 Å². The van der Waals surface area contributed by atoms with Crippen molar-refractivity contribution in [1.29, 1.82) is 0 Å². The molecule has 24 heavy (non-hydrogen) atoms. The zero-order valence-electron chi connectivity index (χ0n) is 13.8. The predicted molar refractivity (Wildman–Crippen MR) is 95.0 cm³/mol. The van der Waals surface area contributed by atoms with Crippen molar-refractivity contribution in [3.8, 4) is 0 Å². The third-order valence-corrected chi connectivity index (χ3v) is 4.00. The van der Waals surface area contributed by atoms with Gasteiger partial charge in [-0.05, 0) is 24.8 Å². The summed E-state index contributed by atoms with van der Waals surface area (Å²) in [5.41, 5.74) is 6.46. The summed E-state index contributed by atoms with van der Waals surface area (Å²) in [6, 6.07) is 10.3. The molecule has 2 amide bonds. The lowest BCUT2D eigenvalue weighted by molar-refractivity contribution is -0.134. The third-order valence-electron chi connectivity index (χ3n) is 4.00. The molecule has 0 unspecified atom stereocenters. The molecule has 2 rings (SSSR count). The molecule has 1 heterocycles. The summed E-state index contributed by atoms with van der Waals surface area (Å²) in [6.45, 7) is 1.98. The summed E-state index contributed by atoms with van der Waals surface area (Å²) in [6.07, 6.45) is 2.79. The second-order valence-electron chi connectivity index (χ2n) is 5.67. The van der Waals surface area contributed by atoms with Crippen molar-refractivity contribution in [2.45, 2.75) is 25.4 Å². The van der Waals surface area contributed by atoms with Crippen LogP contribution in [0.5, 0.6) is 0 Å². The van der Waals surface area contributed by atoms with E-state index in [-0.39, 0.29) is 43.4 Å². The first-order valence-electron chi connectivity index (χ1n) is 8.09. The number of halogens is 1. The zero-order valence-corrected chi connectivity index (χ0v) is 14.6. The predicted octanol–water partition coefficient (Wildman–Crippen LogP) is 0.733. The van der Waals surface area contributed by atoms with Gasteiger partial charge in [0, 0.05) is 13.1 Å². The minimum Gasteiger partial charge on any atom is -0.378 e. The number of nitrogens with two attached hydrogens (primary N) is 1. The molecule has 1 saturated heterocycles. The molecule has 0 radical (unpaired) electrons. The van der Waals surface area contributed by atoms with E-state index in [0.29, 0.717) is 19.7 Å². The first-order valence-corrected chi connectivity index (χ1v) is 8.09. The molecule has 0 spiro atoms. The van der Waals surface area contributed by atoms with E-state index in [4.69, 9.17) is 10.5 Å². The van der Waals surface area contributed by atoms with Gasteiger partial charge in [0.2, 0.25) is 11.8 Å². The zero-order chi connectivity index (χ0) is 16.5. The Labute approximate surface area is 149 Å². The van der Waals surface area contributed by atoms with E-state index >= 15 is 0 Å². The summed E-state index contributed by atoms with van der Waals surface area (Å²) in [4.78, 5) is 24.8. The van der Waals surface area contributed by atoms with Crippen molar-refractivity contribution in [3.05, 3.63) is 35.9 Å². The number of ether oxygens (including phenoxy) is 1. The number of rotatable bonds is 7. The lowest BCUT2D eigenvalue weighted by Crippen LogP contribution is -2.46. The number of carbonyl (C=O) groups is 2. The second-order valence-corrected chi connectivity index (χ2v) is 5.67. The van der Waals surface area contributed by atoms with Crippen LogP contribution in [0.4, 0.5) is 0 Å². The van der Waals surface area contributed by atoms with Gasteiger partial charge in [0.25, 0.3) is 0 Å². The second kappa shape index (κ2) is 11.0. The molecule has 1 aliphatic heterocycles. The number of nitrogens with zero attached hydrogens (tertiary/aromatic N) is 1. The molecular formula is C17H26ClN3O3. The molecule has 0 aliphatic carbocycles. The maximum atomic E-state index is 12.0. The molecule has 0 bridgehead atoms. The van der Waals surface area contributed by atoms with E-state index in [9.17, 15) is 9.59 Å². The number of benzene rings is 1. The van der Waals surface area contributed by atoms with Crippen molar-refractivity contribution in [2.24, 2.45) is 5.73 Å². The van der Waals surface area contributed by atoms with Crippen LogP contribution in [-0.2, 0) is 20.7 Å². The van der Waals surface area contributed by atoms with E-state index in [0.717, 1.165) is 19.3 Å². The van der Waals surface area contributed by atoms with Crippen molar-refractivity contribution in [3.63, 3.8) is 0 Å². The molecule has 3 N–H and O–H groups in total. The number of likely N-dealkylation sites (tertiary alicyclic amines) is 1. The lowest BCUT2D eigenvalue weighted by atomic mass is 10.1. The van der Waals surface area contributed by atoms with Gasteiger partial charge >= 0.3 is 0 Å². The number of amides is 2. The van der Waals surface area contributed by atoms with E-state index in [1.54, 1.807) is 4.90 Å². The Kier molecular flexibility index (Phi) is 9.37. The molecule has 6 nitrogen and oxygen atoms in total. The Bertz CT molecular complexity index is 505. The van der Waals surface area contributed by atoms with Gasteiger partial charge < -0.3 is 20.7 Å². The number of hydrogen-bond donors (Lipinski definition) is 2. The van der Waals surface area contributed by atoms with E-state index in [1.165, 1.54) is 5.56 Å². The highest BCUT2D eigenvalue weighted by Gasteiger charge is 2.23. The Balaban J connectivity index is 0.00000288. The standard InChI is InChI=1S/C17H25N3O3.ClH/c18-12-16(21)19-13-17(22)20-9-6-15(7-10-20)23-11-8-14-4-2-1-3-5-14;/h1-5,15H,6-13,18H2,(H,19,21);1H. The number of piperidine rings is 1. The molecule has 134 valence electrons. The smallest absolute Gasteiger partial charge is 0.241 e. The quantitative estimate of drug-likeness (QED) is 0.755. The molecule has 0 atom stereocenters. The van der Waals surface area contributed by atoms with Crippen molar-refractivity contribution >= 4 is 24.2 Å². The summed E-state index contributed by atoms with van der Waals surface area (Å²) >= 11 is 0. The highest BCUT2D eigenvalue weighted by Crippen LogP contribution is 2.14. The molecule has 1 aliphatic rings. The van der Waals surface area contributed by atoms with Gasteiger partial charge in [-0.2, -0.15) is 0 Å². The fraction of sp³-hybridized carbons (Fsp3) is 0.529. The molecule has 1 aromatic carbocycles. The van der Waals surface area contributed by atoms with Crippen LogP contribution < -0.4 is 11.1 Å². The average molecular weight is 356 g/mol. The minimum absolute atomic E-state index is 0. The van der Waals surface area contributed by atoms with E-state index < -0.39 is 0 Å². The van der Waals surface area contributed by atoms with Gasteiger partial charge in [0.05, 0.1) is 25.8 Å². The van der Waals surface area contributed by atoms with Gasteiger partial charge in [-0.3, -0.25) is 9.59 Å². The normalized spacial score (nSPS) is 14.8. The third kappa shape index (κ3) is 6.86. The molecule has 0 aromatic heterocycles. The monoisotopic (exact) mass is 355 g/mol. The average Bonchev–Trinajstić information content (AvgIpc) is 2.61. The Hall–Kier alpha value is -1.63. The van der Waals surface area contributed by atoms with Crippen LogP contribution in [0.25, 0.3) is 0 Å². The highest BCUT2D eigenvalue weighted by molar-refractivity contribution is 5.85. The fourth-order valence-electron chi connectivity index (χ4n) is 2.62. The SMILES string of the molecule is Cl.NCC(=O)NCC(=O)N1CCC(OCCc2ccccc2)CC1. The molecule has 0 saturated carbocycles. The first-order chi connectivity index (χ1) is 11.2. The van der Waals surface area contributed by atoms with E-state index in [1.807, 2.05) is 18.2 Å². The van der Waals surface area contributed by atoms with Crippen molar-refractivity contribution in [2.75, 3.05) is 32.8 Å². The fourth-order valence-corrected chi connectivity index (χ4v) is 2.62. The van der Waals surface area contributed by atoms with Crippen LogP contribution >= 0.6 is 12.4 Å². The molecule has 1 fully saturated rings. The van der Waals surface area contributed by atoms with Crippen LogP contribution in [-0.4, -0.2) is 55.6 Å². The topological polar surface area (TPSA) is 84.7 Å². The Morgan fingerprint density at radius 1 is 1.21 bits per heavy atom. The van der Waals surface area contributed by atoms with E-state index in [2.05, 4.69) is 17.4 Å². The Morgan fingerprint density at radius 2 is 1.88 bits per heavy atom. The number of carbonyl (C=O) groups excluding carboxylic acids is 2. The summed E-state index contributed by atoms with van der Waals surface area (Å²) in [7, 11) is 0.